The van der Waals surface area contributed by atoms with Gasteiger partial charge < -0.3 is 20.5 Å². The van der Waals surface area contributed by atoms with E-state index in [9.17, 15) is 9.59 Å². The van der Waals surface area contributed by atoms with Crippen molar-refractivity contribution in [2.75, 3.05) is 19.0 Å². The summed E-state index contributed by atoms with van der Waals surface area (Å²) < 4.78 is 5.46. The Kier molecular flexibility index (Phi) is 8.55. The number of aryl methyl sites for hydroxylation is 1. The van der Waals surface area contributed by atoms with Gasteiger partial charge in [-0.1, -0.05) is 18.5 Å². The Hall–Kier alpha value is -2.80. The Balaban J connectivity index is 1.59. The van der Waals surface area contributed by atoms with Crippen LogP contribution in [0.15, 0.2) is 30.3 Å². The number of benzene rings is 1. The molecule has 2 aromatic rings. The SMILES string of the molecule is CCc1ccc(OC)c(C(C)Nc2ccc(C(=O)NCC3CCC(C(=O)O)CC3)cc2Cl)n1. The number of nitrogens with one attached hydrogen (secondary N) is 2. The molecule has 3 rings (SSSR count). The molecule has 0 radical (unpaired) electrons. The van der Waals surface area contributed by atoms with Gasteiger partial charge in [0.05, 0.1) is 29.8 Å². The normalized spacial score (nSPS) is 18.9. The molecule has 1 heterocycles. The van der Waals surface area contributed by atoms with E-state index in [-0.39, 0.29) is 17.9 Å². The van der Waals surface area contributed by atoms with Gasteiger partial charge in [-0.2, -0.15) is 0 Å². The minimum atomic E-state index is -0.720. The van der Waals surface area contributed by atoms with E-state index in [0.29, 0.717) is 47.3 Å². The van der Waals surface area contributed by atoms with Crippen LogP contribution < -0.4 is 15.4 Å². The second-order valence-electron chi connectivity index (χ2n) is 8.57. The fourth-order valence-corrected chi connectivity index (χ4v) is 4.45. The van der Waals surface area contributed by atoms with Crippen LogP contribution in [-0.2, 0) is 11.2 Å². The summed E-state index contributed by atoms with van der Waals surface area (Å²) in [5.41, 5.74) is 2.97. The molecule has 1 atom stereocenters. The molecule has 1 aromatic heterocycles. The number of aliphatic carboxylic acids is 1. The number of ether oxygens (including phenoxy) is 1. The van der Waals surface area contributed by atoms with Gasteiger partial charge in [-0.15, -0.1) is 0 Å². The number of aromatic nitrogens is 1. The lowest BCUT2D eigenvalue weighted by Gasteiger charge is -2.26. The second-order valence-corrected chi connectivity index (χ2v) is 8.98. The monoisotopic (exact) mass is 473 g/mol. The average molecular weight is 474 g/mol. The number of amides is 1. The quantitative estimate of drug-likeness (QED) is 0.468. The maximum Gasteiger partial charge on any atom is 0.306 e. The molecule has 1 saturated carbocycles. The van der Waals surface area contributed by atoms with E-state index >= 15 is 0 Å². The van der Waals surface area contributed by atoms with E-state index in [1.807, 2.05) is 19.1 Å². The van der Waals surface area contributed by atoms with Crippen LogP contribution in [0.5, 0.6) is 5.75 Å². The smallest absolute Gasteiger partial charge is 0.306 e. The standard InChI is InChI=1S/C25H32ClN3O4/c1-4-19-10-12-22(33-3)23(29-19)15(2)28-21-11-9-18(13-20(21)26)24(30)27-14-16-5-7-17(8-6-16)25(31)32/h9-13,15-17,28H,4-8,14H2,1-3H3,(H,27,30)(H,31,32). The van der Waals surface area contributed by atoms with Crippen molar-refractivity contribution in [2.24, 2.45) is 11.8 Å². The molecular weight excluding hydrogens is 442 g/mol. The van der Waals surface area contributed by atoms with Crippen molar-refractivity contribution in [1.29, 1.82) is 0 Å². The van der Waals surface area contributed by atoms with Crippen molar-refractivity contribution in [3.8, 4) is 5.75 Å². The Morgan fingerprint density at radius 3 is 2.55 bits per heavy atom. The summed E-state index contributed by atoms with van der Waals surface area (Å²) in [6, 6.07) is 8.91. The summed E-state index contributed by atoms with van der Waals surface area (Å²) in [6.45, 7) is 4.58. The average Bonchev–Trinajstić information content (AvgIpc) is 2.83. The first-order valence-electron chi connectivity index (χ1n) is 11.4. The molecule has 0 saturated heterocycles. The van der Waals surface area contributed by atoms with Crippen molar-refractivity contribution < 1.29 is 19.4 Å². The zero-order valence-electron chi connectivity index (χ0n) is 19.4. The van der Waals surface area contributed by atoms with Crippen molar-refractivity contribution in [2.45, 2.75) is 52.0 Å². The van der Waals surface area contributed by atoms with Gasteiger partial charge in [-0.3, -0.25) is 14.6 Å². The molecule has 33 heavy (non-hydrogen) atoms. The lowest BCUT2D eigenvalue weighted by atomic mass is 9.82. The molecule has 0 bridgehead atoms. The van der Waals surface area contributed by atoms with Crippen LogP contribution in [-0.4, -0.2) is 35.6 Å². The van der Waals surface area contributed by atoms with Crippen LogP contribution in [0.1, 0.15) is 67.3 Å². The minimum absolute atomic E-state index is 0.149. The number of methoxy groups -OCH3 is 1. The van der Waals surface area contributed by atoms with Gasteiger partial charge in [0.15, 0.2) is 0 Å². The van der Waals surface area contributed by atoms with Crippen molar-refractivity contribution in [1.82, 2.24) is 10.3 Å². The molecular formula is C25H32ClN3O4. The number of carboxylic acid groups (broad SMARTS) is 1. The summed E-state index contributed by atoms with van der Waals surface area (Å²) in [4.78, 5) is 28.4. The van der Waals surface area contributed by atoms with E-state index in [4.69, 9.17) is 21.4 Å². The van der Waals surface area contributed by atoms with Crippen molar-refractivity contribution in [3.05, 3.63) is 52.3 Å². The van der Waals surface area contributed by atoms with Gasteiger partial charge in [-0.05, 0) is 75.3 Å². The van der Waals surface area contributed by atoms with Crippen LogP contribution in [0, 0.1) is 11.8 Å². The van der Waals surface area contributed by atoms with Crippen LogP contribution in [0.4, 0.5) is 5.69 Å². The number of carboxylic acids is 1. The molecule has 1 aliphatic rings. The third-order valence-electron chi connectivity index (χ3n) is 6.29. The zero-order chi connectivity index (χ0) is 24.0. The lowest BCUT2D eigenvalue weighted by molar-refractivity contribution is -0.143. The molecule has 178 valence electrons. The first-order chi connectivity index (χ1) is 15.8. The third kappa shape index (κ3) is 6.38. The van der Waals surface area contributed by atoms with Gasteiger partial charge in [0.25, 0.3) is 5.91 Å². The topological polar surface area (TPSA) is 101 Å². The molecule has 1 aliphatic carbocycles. The van der Waals surface area contributed by atoms with E-state index in [2.05, 4.69) is 22.5 Å². The highest BCUT2D eigenvalue weighted by atomic mass is 35.5. The number of hydrogen-bond acceptors (Lipinski definition) is 5. The number of nitrogens with zero attached hydrogens (tertiary/aromatic N) is 1. The number of hydrogen-bond donors (Lipinski definition) is 3. The lowest BCUT2D eigenvalue weighted by Crippen LogP contribution is -2.32. The Morgan fingerprint density at radius 1 is 1.21 bits per heavy atom. The predicted molar refractivity (Wildman–Crippen MR) is 129 cm³/mol. The van der Waals surface area contributed by atoms with Gasteiger partial charge in [0, 0.05) is 17.8 Å². The minimum Gasteiger partial charge on any atom is -0.495 e. The van der Waals surface area contributed by atoms with E-state index < -0.39 is 5.97 Å². The number of rotatable bonds is 9. The van der Waals surface area contributed by atoms with Crippen molar-refractivity contribution in [3.63, 3.8) is 0 Å². The van der Waals surface area contributed by atoms with Crippen LogP contribution in [0.25, 0.3) is 0 Å². The number of anilines is 1. The van der Waals surface area contributed by atoms with Gasteiger partial charge in [0.2, 0.25) is 0 Å². The Morgan fingerprint density at radius 2 is 1.94 bits per heavy atom. The molecule has 3 N–H and O–H groups in total. The molecule has 0 spiro atoms. The Labute approximate surface area is 199 Å². The van der Waals surface area contributed by atoms with Gasteiger partial charge in [-0.25, -0.2) is 0 Å². The maximum atomic E-state index is 12.6. The highest BCUT2D eigenvalue weighted by Crippen LogP contribution is 2.31. The second kappa shape index (κ2) is 11.4. The number of carbonyl (C=O) groups excluding carboxylic acids is 1. The molecule has 1 fully saturated rings. The summed E-state index contributed by atoms with van der Waals surface area (Å²) in [5.74, 6) is -0.143. The van der Waals surface area contributed by atoms with Crippen LogP contribution in [0.3, 0.4) is 0 Å². The third-order valence-corrected chi connectivity index (χ3v) is 6.60. The largest absolute Gasteiger partial charge is 0.495 e. The summed E-state index contributed by atoms with van der Waals surface area (Å²) in [7, 11) is 1.62. The first-order valence-corrected chi connectivity index (χ1v) is 11.8. The molecule has 1 unspecified atom stereocenters. The summed E-state index contributed by atoms with van der Waals surface area (Å²) in [6.07, 6.45) is 3.79. The van der Waals surface area contributed by atoms with Crippen molar-refractivity contribution >= 4 is 29.2 Å². The fourth-order valence-electron chi connectivity index (χ4n) is 4.21. The van der Waals surface area contributed by atoms with Gasteiger partial charge in [0.1, 0.15) is 11.4 Å². The maximum absolute atomic E-state index is 12.6. The van der Waals surface area contributed by atoms with Crippen LogP contribution in [0.2, 0.25) is 5.02 Å². The summed E-state index contributed by atoms with van der Waals surface area (Å²) >= 11 is 6.48. The van der Waals surface area contributed by atoms with Gasteiger partial charge >= 0.3 is 5.97 Å². The van der Waals surface area contributed by atoms with E-state index in [1.165, 1.54) is 0 Å². The molecule has 8 heteroatoms. The molecule has 7 nitrogen and oxygen atoms in total. The predicted octanol–water partition coefficient (Wildman–Crippen LogP) is 5.10. The molecule has 0 aliphatic heterocycles. The highest BCUT2D eigenvalue weighted by Gasteiger charge is 2.26. The van der Waals surface area contributed by atoms with Crippen LogP contribution >= 0.6 is 11.6 Å². The van der Waals surface area contributed by atoms with E-state index in [0.717, 1.165) is 30.7 Å². The molecule has 1 aromatic carbocycles. The number of halogens is 1. The highest BCUT2D eigenvalue weighted by molar-refractivity contribution is 6.33. The Bertz CT molecular complexity index is 990. The van der Waals surface area contributed by atoms with E-state index in [1.54, 1.807) is 25.3 Å². The fraction of sp³-hybridized carbons (Fsp3) is 0.480. The zero-order valence-corrected chi connectivity index (χ0v) is 20.1. The number of pyridine rings is 1. The summed E-state index contributed by atoms with van der Waals surface area (Å²) in [5, 5.41) is 15.9. The first kappa shape index (κ1) is 24.8. The number of carbonyl (C=O) groups is 2. The molecule has 1 amide bonds.